The van der Waals surface area contributed by atoms with E-state index in [0.29, 0.717) is 34.7 Å². The van der Waals surface area contributed by atoms with E-state index in [0.717, 1.165) is 0 Å². The van der Waals surface area contributed by atoms with Gasteiger partial charge >= 0.3 is 0 Å². The minimum atomic E-state index is -0.394. The van der Waals surface area contributed by atoms with Crippen LogP contribution in [0.1, 0.15) is 26.1 Å². The number of aryl methyl sites for hydroxylation is 1. The highest BCUT2D eigenvalue weighted by Crippen LogP contribution is 2.26. The zero-order chi connectivity index (χ0) is 18.4. The van der Waals surface area contributed by atoms with Gasteiger partial charge < -0.3 is 15.6 Å². The van der Waals surface area contributed by atoms with Crippen molar-refractivity contribution in [2.24, 2.45) is 5.73 Å². The number of hydrogen-bond acceptors (Lipinski definition) is 5. The van der Waals surface area contributed by atoms with Crippen LogP contribution in [-0.2, 0) is 22.6 Å². The molecule has 0 saturated carbocycles. The van der Waals surface area contributed by atoms with E-state index in [1.807, 2.05) is 11.5 Å². The van der Waals surface area contributed by atoms with E-state index in [2.05, 4.69) is 15.5 Å². The number of anilines is 1. The molecule has 1 heterocycles. The van der Waals surface area contributed by atoms with Gasteiger partial charge in [-0.25, -0.2) is 0 Å². The van der Waals surface area contributed by atoms with Crippen molar-refractivity contribution in [1.29, 1.82) is 0 Å². The second kappa shape index (κ2) is 8.87. The van der Waals surface area contributed by atoms with E-state index in [1.54, 1.807) is 31.2 Å². The molecule has 2 rings (SSSR count). The Morgan fingerprint density at radius 3 is 2.72 bits per heavy atom. The maximum Gasteiger partial charge on any atom is 0.237 e. The van der Waals surface area contributed by atoms with Gasteiger partial charge in [-0.05, 0) is 26.0 Å². The number of aromatic nitrogens is 3. The number of halogens is 1. The number of nitrogens with two attached hydrogens (primary N) is 1. The van der Waals surface area contributed by atoms with E-state index < -0.39 is 5.25 Å². The van der Waals surface area contributed by atoms with Gasteiger partial charge in [-0.15, -0.1) is 10.2 Å². The lowest BCUT2D eigenvalue weighted by Crippen LogP contribution is -2.23. The van der Waals surface area contributed by atoms with Crippen LogP contribution in [0.4, 0.5) is 5.69 Å². The third-order valence-corrected chi connectivity index (χ3v) is 4.90. The minimum absolute atomic E-state index is 0.178. The van der Waals surface area contributed by atoms with Gasteiger partial charge in [-0.1, -0.05) is 35.5 Å². The molecule has 1 aromatic carbocycles. The number of nitrogens with one attached hydrogen (secondary N) is 1. The average Bonchev–Trinajstić information content (AvgIpc) is 2.96. The number of hydrogen-bond donors (Lipinski definition) is 2. The van der Waals surface area contributed by atoms with Gasteiger partial charge in [0.1, 0.15) is 5.82 Å². The minimum Gasteiger partial charge on any atom is -0.370 e. The SMILES string of the molecule is CCn1c(CCC(N)=O)nnc1S[C@H](C)C(=O)Nc1ccccc1Cl. The fourth-order valence-corrected chi connectivity index (χ4v) is 3.27. The maximum absolute atomic E-state index is 12.4. The van der Waals surface area contributed by atoms with Gasteiger partial charge in [-0.2, -0.15) is 0 Å². The van der Waals surface area contributed by atoms with E-state index in [-0.39, 0.29) is 18.2 Å². The number of carbonyl (C=O) groups is 2. The largest absolute Gasteiger partial charge is 0.370 e. The fourth-order valence-electron chi connectivity index (χ4n) is 2.15. The summed E-state index contributed by atoms with van der Waals surface area (Å²) in [6.07, 6.45) is 0.641. The van der Waals surface area contributed by atoms with Crippen LogP contribution in [0.25, 0.3) is 0 Å². The molecule has 0 aliphatic heterocycles. The van der Waals surface area contributed by atoms with E-state index >= 15 is 0 Å². The summed E-state index contributed by atoms with van der Waals surface area (Å²) in [5.41, 5.74) is 5.75. The normalized spacial score (nSPS) is 12.0. The molecule has 9 heteroatoms. The fraction of sp³-hybridized carbons (Fsp3) is 0.375. The number of amides is 2. The summed E-state index contributed by atoms with van der Waals surface area (Å²) in [6.45, 7) is 4.38. The Bertz CT molecular complexity index is 765. The molecule has 0 saturated heterocycles. The highest BCUT2D eigenvalue weighted by atomic mass is 35.5. The number of rotatable bonds is 8. The van der Waals surface area contributed by atoms with Crippen molar-refractivity contribution in [3.63, 3.8) is 0 Å². The highest BCUT2D eigenvalue weighted by Gasteiger charge is 2.20. The van der Waals surface area contributed by atoms with Crippen molar-refractivity contribution in [3.05, 3.63) is 35.1 Å². The van der Waals surface area contributed by atoms with Crippen LogP contribution in [0.3, 0.4) is 0 Å². The summed E-state index contributed by atoms with van der Waals surface area (Å²) >= 11 is 7.36. The molecule has 0 unspecified atom stereocenters. The number of thioether (sulfide) groups is 1. The molecule has 0 radical (unpaired) electrons. The Morgan fingerprint density at radius 2 is 2.08 bits per heavy atom. The van der Waals surface area contributed by atoms with Crippen molar-refractivity contribution < 1.29 is 9.59 Å². The third-order valence-electron chi connectivity index (χ3n) is 3.49. The second-order valence-corrected chi connectivity index (χ2v) is 7.05. The Balaban J connectivity index is 2.04. The summed E-state index contributed by atoms with van der Waals surface area (Å²) in [5.74, 6) is 0.122. The summed E-state index contributed by atoms with van der Waals surface area (Å²) in [7, 11) is 0. The third kappa shape index (κ3) is 5.20. The maximum atomic E-state index is 12.4. The van der Waals surface area contributed by atoms with Crippen molar-refractivity contribution in [2.45, 2.75) is 43.6 Å². The van der Waals surface area contributed by atoms with Crippen molar-refractivity contribution in [3.8, 4) is 0 Å². The molecule has 3 N–H and O–H groups in total. The molecule has 1 atom stereocenters. The predicted octanol–water partition coefficient (Wildman–Crippen LogP) is 2.49. The number of nitrogens with zero attached hydrogens (tertiary/aromatic N) is 3. The van der Waals surface area contributed by atoms with Crippen LogP contribution in [-0.4, -0.2) is 31.8 Å². The van der Waals surface area contributed by atoms with Crippen molar-refractivity contribution >= 4 is 40.9 Å². The first-order chi connectivity index (χ1) is 11.9. The van der Waals surface area contributed by atoms with Gasteiger partial charge in [0.15, 0.2) is 5.16 Å². The van der Waals surface area contributed by atoms with E-state index in [4.69, 9.17) is 17.3 Å². The monoisotopic (exact) mass is 381 g/mol. The summed E-state index contributed by atoms with van der Waals surface area (Å²) < 4.78 is 1.88. The molecule has 25 heavy (non-hydrogen) atoms. The van der Waals surface area contributed by atoms with E-state index in [1.165, 1.54) is 11.8 Å². The molecule has 0 aliphatic carbocycles. The van der Waals surface area contributed by atoms with Crippen LogP contribution in [0.5, 0.6) is 0 Å². The predicted molar refractivity (Wildman–Crippen MR) is 98.6 cm³/mol. The Kier molecular flexibility index (Phi) is 6.83. The quantitative estimate of drug-likeness (QED) is 0.684. The molecule has 0 aliphatic rings. The Labute approximate surface area is 155 Å². The Hall–Kier alpha value is -2.06. The molecular formula is C16H20ClN5O2S. The molecule has 0 bridgehead atoms. The standard InChI is InChI=1S/C16H20ClN5O2S/c1-3-22-14(9-8-13(18)23)20-21-16(22)25-10(2)15(24)19-12-7-5-4-6-11(12)17/h4-7,10H,3,8-9H2,1-2H3,(H2,18,23)(H,19,24)/t10-/m1/s1. The number of benzene rings is 1. The molecule has 134 valence electrons. The molecule has 0 fully saturated rings. The summed E-state index contributed by atoms with van der Waals surface area (Å²) in [6, 6.07) is 7.06. The van der Waals surface area contributed by atoms with Crippen LogP contribution < -0.4 is 11.1 Å². The van der Waals surface area contributed by atoms with Gasteiger partial charge in [0, 0.05) is 19.4 Å². The lowest BCUT2D eigenvalue weighted by molar-refractivity contribution is -0.118. The number of para-hydroxylation sites is 1. The van der Waals surface area contributed by atoms with Crippen molar-refractivity contribution in [2.75, 3.05) is 5.32 Å². The Morgan fingerprint density at radius 1 is 1.36 bits per heavy atom. The second-order valence-electron chi connectivity index (χ2n) is 5.34. The van der Waals surface area contributed by atoms with Gasteiger partial charge in [0.05, 0.1) is 16.0 Å². The lowest BCUT2D eigenvalue weighted by atomic mass is 10.3. The molecule has 1 aromatic heterocycles. The first-order valence-electron chi connectivity index (χ1n) is 7.84. The van der Waals surface area contributed by atoms with Gasteiger partial charge in [0.2, 0.25) is 11.8 Å². The molecular weight excluding hydrogens is 362 g/mol. The zero-order valence-electron chi connectivity index (χ0n) is 14.0. The smallest absolute Gasteiger partial charge is 0.237 e. The van der Waals surface area contributed by atoms with Crippen LogP contribution in [0.15, 0.2) is 29.4 Å². The highest BCUT2D eigenvalue weighted by molar-refractivity contribution is 8.00. The topological polar surface area (TPSA) is 103 Å². The first-order valence-corrected chi connectivity index (χ1v) is 9.10. The molecule has 2 aromatic rings. The lowest BCUT2D eigenvalue weighted by Gasteiger charge is -2.13. The van der Waals surface area contributed by atoms with E-state index in [9.17, 15) is 9.59 Å². The van der Waals surface area contributed by atoms with Crippen LogP contribution >= 0.6 is 23.4 Å². The number of carbonyl (C=O) groups excluding carboxylic acids is 2. The van der Waals surface area contributed by atoms with Gasteiger partial charge in [-0.3, -0.25) is 9.59 Å². The molecule has 7 nitrogen and oxygen atoms in total. The first kappa shape index (κ1) is 19.3. The average molecular weight is 382 g/mol. The van der Waals surface area contributed by atoms with Crippen molar-refractivity contribution in [1.82, 2.24) is 14.8 Å². The molecule has 2 amide bonds. The summed E-state index contributed by atoms with van der Waals surface area (Å²) in [4.78, 5) is 23.3. The molecule has 0 spiro atoms. The summed E-state index contributed by atoms with van der Waals surface area (Å²) in [5, 5.41) is 11.8. The number of primary amides is 1. The van der Waals surface area contributed by atoms with Crippen LogP contribution in [0.2, 0.25) is 5.02 Å². The zero-order valence-corrected chi connectivity index (χ0v) is 15.6. The van der Waals surface area contributed by atoms with Gasteiger partial charge in [0.25, 0.3) is 0 Å². The van der Waals surface area contributed by atoms with Crippen LogP contribution in [0, 0.1) is 0 Å².